The van der Waals surface area contributed by atoms with Crippen LogP contribution in [0.5, 0.6) is 0 Å². The molecule has 3 atom stereocenters. The number of piperidine rings is 2. The molecule has 3 aromatic rings. The number of amides is 1. The van der Waals surface area contributed by atoms with Gasteiger partial charge in [-0.05, 0) is 81.7 Å². The summed E-state index contributed by atoms with van der Waals surface area (Å²) in [5.41, 5.74) is 3.23. The van der Waals surface area contributed by atoms with Crippen LogP contribution < -0.4 is 4.84 Å². The number of hydrogen-bond acceptors (Lipinski definition) is 5. The number of rotatable bonds is 9. The van der Waals surface area contributed by atoms with E-state index >= 15 is 0 Å². The van der Waals surface area contributed by atoms with E-state index in [1.165, 1.54) is 17.0 Å². The number of carbonyl (C=O) groups is 1. The molecule has 0 radical (unpaired) electrons. The van der Waals surface area contributed by atoms with Crippen LogP contribution in [0.3, 0.4) is 0 Å². The number of methoxy groups -OCH3 is 1. The minimum atomic E-state index is -4.35. The van der Waals surface area contributed by atoms with Crippen LogP contribution in [0, 0.1) is 25.7 Å². The van der Waals surface area contributed by atoms with Crippen LogP contribution in [0.2, 0.25) is 0 Å². The van der Waals surface area contributed by atoms with Crippen molar-refractivity contribution in [1.29, 1.82) is 0 Å². The monoisotopic (exact) mass is 626 g/mol. The van der Waals surface area contributed by atoms with E-state index in [0.29, 0.717) is 55.1 Å². The summed E-state index contributed by atoms with van der Waals surface area (Å²) in [6.07, 6.45) is -1.67. The molecular formula is C35H45F3N4O3. The molecule has 2 aromatic carbocycles. The Balaban J connectivity index is 1.19. The first-order valence-electron chi connectivity index (χ1n) is 15.8. The van der Waals surface area contributed by atoms with Gasteiger partial charge in [0, 0.05) is 38.2 Å². The molecule has 2 saturated heterocycles. The molecule has 0 aliphatic carbocycles. The Hall–Kier alpha value is -3.37. The highest BCUT2D eigenvalue weighted by molar-refractivity contribution is 5.96. The second-order valence-electron chi connectivity index (χ2n) is 13.0. The Labute approximate surface area is 264 Å². The van der Waals surface area contributed by atoms with Gasteiger partial charge >= 0.3 is 6.18 Å². The maximum Gasteiger partial charge on any atom is 0.416 e. The number of alkyl halides is 3. The number of likely N-dealkylation sites (tertiary alicyclic amines) is 2. The largest absolute Gasteiger partial charge is 0.416 e. The highest BCUT2D eigenvalue weighted by atomic mass is 19.4. The number of ether oxygens (including phenoxy) is 1. The fourth-order valence-electron chi connectivity index (χ4n) is 7.25. The summed E-state index contributed by atoms with van der Waals surface area (Å²) in [6, 6.07) is 15.4. The first-order chi connectivity index (χ1) is 21.4. The van der Waals surface area contributed by atoms with E-state index in [-0.39, 0.29) is 17.4 Å². The molecule has 10 heteroatoms. The molecule has 5 rings (SSSR count). The molecule has 2 aliphatic heterocycles. The summed E-state index contributed by atoms with van der Waals surface area (Å²) in [7, 11) is 1.65. The standard InChI is InChI=1S/C35H45F3N4O3/c1-24-21-41(18-15-30(24)31(23-44-5)28-11-13-29(14-12-28)35(36,37)38)34(4)16-19-40(20-17-34)33(43)32-25(2)39-42(26(32)3)45-22-27-9-7-6-8-10-27/h6-14,24,30-31H,15-23H2,1-5H3/t24?,30?,31-/m0/s1. The highest BCUT2D eigenvalue weighted by Crippen LogP contribution is 2.41. The lowest BCUT2D eigenvalue weighted by molar-refractivity contribution is -0.137. The van der Waals surface area contributed by atoms with E-state index in [2.05, 4.69) is 23.8 Å². The van der Waals surface area contributed by atoms with E-state index in [1.54, 1.807) is 19.2 Å². The van der Waals surface area contributed by atoms with Crippen molar-refractivity contribution in [1.82, 2.24) is 19.7 Å². The van der Waals surface area contributed by atoms with Crippen LogP contribution in [-0.2, 0) is 17.5 Å². The summed E-state index contributed by atoms with van der Waals surface area (Å²) in [6.45, 7) is 12.2. The minimum absolute atomic E-state index is 0.00682. The molecule has 2 aliphatic rings. The lowest BCUT2D eigenvalue weighted by Crippen LogP contribution is -2.58. The zero-order chi connectivity index (χ0) is 32.4. The SMILES string of the molecule is COC[C@@H](c1ccc(C(F)(F)F)cc1)C1CCN(C2(C)CCN(C(=O)c3c(C)nn(OCc4ccccc4)c3C)CC2)CC1C. The molecular weight excluding hydrogens is 581 g/mol. The summed E-state index contributed by atoms with van der Waals surface area (Å²) >= 11 is 0. The molecule has 0 spiro atoms. The lowest BCUT2D eigenvalue weighted by Gasteiger charge is -2.51. The topological polar surface area (TPSA) is 59.8 Å². The fraction of sp³-hybridized carbons (Fsp3) is 0.543. The molecule has 1 aromatic heterocycles. The molecule has 2 unspecified atom stereocenters. The molecule has 1 amide bonds. The van der Waals surface area contributed by atoms with Crippen molar-refractivity contribution in [3.05, 3.63) is 88.2 Å². The third kappa shape index (κ3) is 7.22. The summed E-state index contributed by atoms with van der Waals surface area (Å²) < 4.78 is 45.0. The van der Waals surface area contributed by atoms with Crippen LogP contribution in [0.4, 0.5) is 13.2 Å². The summed E-state index contributed by atoms with van der Waals surface area (Å²) in [4.78, 5) is 25.6. The Bertz CT molecular complexity index is 1430. The van der Waals surface area contributed by atoms with Gasteiger partial charge in [-0.2, -0.15) is 13.2 Å². The predicted octanol–water partition coefficient (Wildman–Crippen LogP) is 6.53. The molecule has 0 bridgehead atoms. The molecule has 244 valence electrons. The number of carbonyl (C=O) groups excluding carboxylic acids is 1. The number of halogens is 3. The number of benzene rings is 2. The van der Waals surface area contributed by atoms with Crippen molar-refractivity contribution in [3.8, 4) is 0 Å². The third-order valence-electron chi connectivity index (χ3n) is 10.1. The lowest BCUT2D eigenvalue weighted by atomic mass is 9.73. The second-order valence-corrected chi connectivity index (χ2v) is 13.0. The normalized spacial score (nSPS) is 21.5. The van der Waals surface area contributed by atoms with Crippen LogP contribution in [0.1, 0.15) is 77.5 Å². The predicted molar refractivity (Wildman–Crippen MR) is 167 cm³/mol. The van der Waals surface area contributed by atoms with Crippen molar-refractivity contribution >= 4 is 5.91 Å². The summed E-state index contributed by atoms with van der Waals surface area (Å²) in [5, 5.41) is 4.50. The average Bonchev–Trinajstić information content (AvgIpc) is 3.31. The highest BCUT2D eigenvalue weighted by Gasteiger charge is 2.42. The Morgan fingerprint density at radius 3 is 2.31 bits per heavy atom. The van der Waals surface area contributed by atoms with Crippen molar-refractivity contribution in [3.63, 3.8) is 0 Å². The molecule has 0 saturated carbocycles. The molecule has 45 heavy (non-hydrogen) atoms. The quantitative estimate of drug-likeness (QED) is 0.270. The van der Waals surface area contributed by atoms with Gasteiger partial charge in [0.1, 0.15) is 6.61 Å². The second kappa shape index (κ2) is 13.5. The maximum atomic E-state index is 13.7. The van der Waals surface area contributed by atoms with Gasteiger partial charge in [0.15, 0.2) is 0 Å². The van der Waals surface area contributed by atoms with Crippen molar-refractivity contribution in [2.75, 3.05) is 39.9 Å². The zero-order valence-electron chi connectivity index (χ0n) is 26.9. The van der Waals surface area contributed by atoms with Gasteiger partial charge in [0.05, 0.1) is 29.1 Å². The van der Waals surface area contributed by atoms with E-state index in [9.17, 15) is 18.0 Å². The number of aromatic nitrogens is 2. The average molecular weight is 627 g/mol. The van der Waals surface area contributed by atoms with Crippen molar-refractivity contribution in [2.45, 2.75) is 71.2 Å². The third-order valence-corrected chi connectivity index (χ3v) is 10.1. The number of hydrogen-bond donors (Lipinski definition) is 0. The van der Waals surface area contributed by atoms with E-state index in [1.807, 2.05) is 49.1 Å². The first-order valence-corrected chi connectivity index (χ1v) is 15.8. The Morgan fingerprint density at radius 1 is 1.04 bits per heavy atom. The molecule has 7 nitrogen and oxygen atoms in total. The van der Waals surface area contributed by atoms with Gasteiger partial charge in [-0.25, -0.2) is 0 Å². The van der Waals surface area contributed by atoms with Crippen molar-refractivity contribution in [2.24, 2.45) is 11.8 Å². The smallest absolute Gasteiger partial charge is 0.392 e. The zero-order valence-corrected chi connectivity index (χ0v) is 26.9. The molecule has 2 fully saturated rings. The van der Waals surface area contributed by atoms with Gasteiger partial charge < -0.3 is 14.5 Å². The van der Waals surface area contributed by atoms with Gasteiger partial charge in [0.2, 0.25) is 0 Å². The minimum Gasteiger partial charge on any atom is -0.392 e. The van der Waals surface area contributed by atoms with Crippen LogP contribution in [-0.4, -0.2) is 71.1 Å². The van der Waals surface area contributed by atoms with E-state index < -0.39 is 11.7 Å². The fourth-order valence-corrected chi connectivity index (χ4v) is 7.25. The van der Waals surface area contributed by atoms with Gasteiger partial charge in [-0.3, -0.25) is 9.69 Å². The maximum absolute atomic E-state index is 13.7. The summed E-state index contributed by atoms with van der Waals surface area (Å²) in [5.74, 6) is 0.665. The van der Waals surface area contributed by atoms with Crippen LogP contribution in [0.15, 0.2) is 54.6 Å². The molecule has 3 heterocycles. The number of nitrogens with zero attached hydrogens (tertiary/aromatic N) is 4. The van der Waals surface area contributed by atoms with Crippen LogP contribution in [0.25, 0.3) is 0 Å². The van der Waals surface area contributed by atoms with Gasteiger partial charge in [-0.1, -0.05) is 49.4 Å². The van der Waals surface area contributed by atoms with Gasteiger partial charge in [0.25, 0.3) is 5.91 Å². The Kier molecular flexibility index (Phi) is 9.94. The Morgan fingerprint density at radius 2 is 1.71 bits per heavy atom. The number of aryl methyl sites for hydroxylation is 1. The van der Waals surface area contributed by atoms with Crippen LogP contribution >= 0.6 is 0 Å². The van der Waals surface area contributed by atoms with Gasteiger partial charge in [-0.15, -0.1) is 9.94 Å². The van der Waals surface area contributed by atoms with E-state index in [4.69, 9.17) is 9.57 Å². The van der Waals surface area contributed by atoms with Crippen molar-refractivity contribution < 1.29 is 27.5 Å². The van der Waals surface area contributed by atoms with E-state index in [0.717, 1.165) is 43.5 Å². The molecule has 0 N–H and O–H groups in total. The first kappa shape index (κ1) is 33.0.